The van der Waals surface area contributed by atoms with Crippen LogP contribution in [0.2, 0.25) is 0 Å². The molecule has 0 aromatic heterocycles. The van der Waals surface area contributed by atoms with E-state index in [0.717, 1.165) is 19.5 Å². The van der Waals surface area contributed by atoms with Gasteiger partial charge in [0.25, 0.3) is 0 Å². The second kappa shape index (κ2) is 7.81. The fourth-order valence-corrected chi connectivity index (χ4v) is 1.27. The topological polar surface area (TPSA) is 3.24 Å². The van der Waals surface area contributed by atoms with E-state index < -0.39 is 0 Å². The van der Waals surface area contributed by atoms with Gasteiger partial charge in [-0.05, 0) is 33.2 Å². The average molecular weight is 196 g/mol. The SMILES string of the molecule is CC(C)N(CCCF)CCCCl. The highest BCUT2D eigenvalue weighted by Crippen LogP contribution is 2.02. The molecule has 0 unspecified atom stereocenters. The third-order valence-electron chi connectivity index (χ3n) is 1.89. The predicted octanol–water partition coefficient (Wildman–Crippen LogP) is 2.69. The Morgan fingerprint density at radius 1 is 1.25 bits per heavy atom. The largest absolute Gasteiger partial charge is 0.301 e. The number of nitrogens with zero attached hydrogens (tertiary/aromatic N) is 1. The van der Waals surface area contributed by atoms with Crippen molar-refractivity contribution in [3.05, 3.63) is 0 Å². The molecule has 0 atom stereocenters. The smallest absolute Gasteiger partial charge is 0.0906 e. The Hall–Kier alpha value is 0.180. The lowest BCUT2D eigenvalue weighted by Crippen LogP contribution is -2.33. The molecule has 0 amide bonds. The monoisotopic (exact) mass is 195 g/mol. The highest BCUT2D eigenvalue weighted by molar-refractivity contribution is 6.17. The molecular weight excluding hydrogens is 177 g/mol. The number of halogens is 2. The molecule has 12 heavy (non-hydrogen) atoms. The summed E-state index contributed by atoms with van der Waals surface area (Å²) in [6, 6.07) is 0.500. The number of alkyl halides is 2. The first-order chi connectivity index (χ1) is 5.72. The zero-order valence-electron chi connectivity index (χ0n) is 8.02. The minimum atomic E-state index is -0.218. The fraction of sp³-hybridized carbons (Fsp3) is 1.00. The van der Waals surface area contributed by atoms with E-state index in [1.165, 1.54) is 0 Å². The second-order valence-electron chi connectivity index (χ2n) is 3.21. The van der Waals surface area contributed by atoms with Gasteiger partial charge in [0.05, 0.1) is 6.67 Å². The maximum atomic E-state index is 11.9. The van der Waals surface area contributed by atoms with Crippen LogP contribution in [0.25, 0.3) is 0 Å². The van der Waals surface area contributed by atoms with Gasteiger partial charge in [0.15, 0.2) is 0 Å². The zero-order valence-corrected chi connectivity index (χ0v) is 8.78. The van der Waals surface area contributed by atoms with Crippen LogP contribution in [0.5, 0.6) is 0 Å². The van der Waals surface area contributed by atoms with Crippen molar-refractivity contribution < 1.29 is 4.39 Å². The Kier molecular flexibility index (Phi) is 7.93. The van der Waals surface area contributed by atoms with Crippen LogP contribution < -0.4 is 0 Å². The van der Waals surface area contributed by atoms with Crippen molar-refractivity contribution >= 4 is 11.6 Å². The van der Waals surface area contributed by atoms with Gasteiger partial charge >= 0.3 is 0 Å². The van der Waals surface area contributed by atoms with Crippen LogP contribution in [0.15, 0.2) is 0 Å². The van der Waals surface area contributed by atoms with Crippen molar-refractivity contribution in [1.29, 1.82) is 0 Å². The standard InChI is InChI=1S/C9H19ClFN/c1-9(2)12(7-3-5-10)8-4-6-11/h9H,3-8H2,1-2H3. The molecule has 0 heterocycles. The molecule has 0 rings (SSSR count). The number of rotatable bonds is 7. The normalized spacial score (nSPS) is 11.5. The van der Waals surface area contributed by atoms with Crippen LogP contribution in [0.1, 0.15) is 26.7 Å². The van der Waals surface area contributed by atoms with Gasteiger partial charge in [-0.1, -0.05) is 0 Å². The first-order valence-electron chi connectivity index (χ1n) is 4.58. The van der Waals surface area contributed by atoms with Crippen LogP contribution in [-0.2, 0) is 0 Å². The molecule has 0 bridgehead atoms. The number of hydrogen-bond donors (Lipinski definition) is 0. The second-order valence-corrected chi connectivity index (χ2v) is 3.59. The lowest BCUT2D eigenvalue weighted by atomic mass is 10.2. The van der Waals surface area contributed by atoms with E-state index in [2.05, 4.69) is 18.7 Å². The summed E-state index contributed by atoms with van der Waals surface area (Å²) in [6.45, 7) is 5.88. The molecule has 0 aromatic rings. The third-order valence-corrected chi connectivity index (χ3v) is 2.16. The van der Waals surface area contributed by atoms with Gasteiger partial charge in [-0.3, -0.25) is 4.39 Å². The van der Waals surface area contributed by atoms with E-state index in [0.29, 0.717) is 18.3 Å². The fourth-order valence-electron chi connectivity index (χ4n) is 1.15. The maximum Gasteiger partial charge on any atom is 0.0906 e. The summed E-state index contributed by atoms with van der Waals surface area (Å²) in [5.41, 5.74) is 0. The third kappa shape index (κ3) is 5.78. The van der Waals surface area contributed by atoms with E-state index in [-0.39, 0.29) is 6.67 Å². The highest BCUT2D eigenvalue weighted by Gasteiger charge is 2.07. The molecule has 0 radical (unpaired) electrons. The van der Waals surface area contributed by atoms with Crippen molar-refractivity contribution in [2.24, 2.45) is 0 Å². The summed E-state index contributed by atoms with van der Waals surface area (Å²) in [6.07, 6.45) is 1.63. The molecule has 0 aliphatic heterocycles. The van der Waals surface area contributed by atoms with Gasteiger partial charge in [0.2, 0.25) is 0 Å². The van der Waals surface area contributed by atoms with E-state index in [1.807, 2.05) is 0 Å². The van der Waals surface area contributed by atoms with E-state index in [1.54, 1.807) is 0 Å². The lowest BCUT2D eigenvalue weighted by Gasteiger charge is -2.25. The molecule has 0 aliphatic rings. The van der Waals surface area contributed by atoms with Crippen LogP contribution >= 0.6 is 11.6 Å². The van der Waals surface area contributed by atoms with Crippen molar-refractivity contribution in [2.45, 2.75) is 32.7 Å². The Labute approximate surface area is 79.9 Å². The Morgan fingerprint density at radius 3 is 2.25 bits per heavy atom. The molecule has 0 aliphatic carbocycles. The molecule has 0 fully saturated rings. The summed E-state index contributed by atoms with van der Waals surface area (Å²) >= 11 is 5.58. The molecule has 0 saturated carbocycles. The van der Waals surface area contributed by atoms with Gasteiger partial charge in [-0.2, -0.15) is 0 Å². The van der Waals surface area contributed by atoms with Gasteiger partial charge in [0, 0.05) is 18.5 Å². The van der Waals surface area contributed by atoms with E-state index in [4.69, 9.17) is 11.6 Å². The van der Waals surface area contributed by atoms with E-state index >= 15 is 0 Å². The lowest BCUT2D eigenvalue weighted by molar-refractivity contribution is 0.212. The first-order valence-corrected chi connectivity index (χ1v) is 5.11. The maximum absolute atomic E-state index is 11.9. The molecule has 0 aromatic carbocycles. The molecule has 1 nitrogen and oxygen atoms in total. The summed E-state index contributed by atoms with van der Waals surface area (Å²) in [5.74, 6) is 0.693. The quantitative estimate of drug-likeness (QED) is 0.565. The van der Waals surface area contributed by atoms with Crippen molar-refractivity contribution in [3.63, 3.8) is 0 Å². The molecule has 3 heteroatoms. The molecule has 74 valence electrons. The molecular formula is C9H19ClFN. The Balaban J connectivity index is 3.55. The summed E-state index contributed by atoms with van der Waals surface area (Å²) in [5, 5.41) is 0. The molecule has 0 N–H and O–H groups in total. The summed E-state index contributed by atoms with van der Waals surface area (Å²) < 4.78 is 11.9. The number of hydrogen-bond acceptors (Lipinski definition) is 1. The summed E-state index contributed by atoms with van der Waals surface area (Å²) in [4.78, 5) is 2.27. The van der Waals surface area contributed by atoms with Gasteiger partial charge in [0.1, 0.15) is 0 Å². The van der Waals surface area contributed by atoms with Crippen molar-refractivity contribution in [3.8, 4) is 0 Å². The zero-order chi connectivity index (χ0) is 9.40. The van der Waals surface area contributed by atoms with Gasteiger partial charge in [-0.15, -0.1) is 11.6 Å². The highest BCUT2D eigenvalue weighted by atomic mass is 35.5. The van der Waals surface area contributed by atoms with E-state index in [9.17, 15) is 4.39 Å². The first kappa shape index (κ1) is 12.2. The minimum Gasteiger partial charge on any atom is -0.301 e. The summed E-state index contributed by atoms with van der Waals surface area (Å²) in [7, 11) is 0. The Bertz CT molecular complexity index is 90.5. The average Bonchev–Trinajstić information content (AvgIpc) is 2.04. The van der Waals surface area contributed by atoms with Crippen LogP contribution in [0, 0.1) is 0 Å². The molecule has 0 spiro atoms. The Morgan fingerprint density at radius 2 is 1.83 bits per heavy atom. The predicted molar refractivity (Wildman–Crippen MR) is 52.6 cm³/mol. The van der Waals surface area contributed by atoms with Crippen LogP contribution in [-0.4, -0.2) is 36.6 Å². The minimum absolute atomic E-state index is 0.218. The van der Waals surface area contributed by atoms with Crippen molar-refractivity contribution in [1.82, 2.24) is 4.90 Å². The van der Waals surface area contributed by atoms with Gasteiger partial charge < -0.3 is 4.90 Å². The van der Waals surface area contributed by atoms with Crippen LogP contribution in [0.4, 0.5) is 4.39 Å². The molecule has 0 saturated heterocycles. The van der Waals surface area contributed by atoms with Crippen LogP contribution in [0.3, 0.4) is 0 Å². The van der Waals surface area contributed by atoms with Gasteiger partial charge in [-0.25, -0.2) is 0 Å². The van der Waals surface area contributed by atoms with Crippen molar-refractivity contribution in [2.75, 3.05) is 25.6 Å².